The molecule has 0 unspecified atom stereocenters. The summed E-state index contributed by atoms with van der Waals surface area (Å²) >= 11 is 0. The second kappa shape index (κ2) is 5.09. The van der Waals surface area contributed by atoms with Crippen LogP contribution in [0.1, 0.15) is 30.0 Å². The molecule has 0 atom stereocenters. The Bertz CT molecular complexity index is 691. The third-order valence-corrected chi connectivity index (χ3v) is 2.84. The van der Waals surface area contributed by atoms with Gasteiger partial charge in [-0.05, 0) is 19.4 Å². The highest BCUT2D eigenvalue weighted by atomic mass is 16.5. The molecule has 0 amide bonds. The van der Waals surface area contributed by atoms with Crippen molar-refractivity contribution >= 4 is 17.0 Å². The zero-order valence-electron chi connectivity index (χ0n) is 10.8. The number of ether oxygens (including phenoxy) is 1. The molecule has 100 valence electrons. The maximum atomic E-state index is 12.2. The Morgan fingerprint density at radius 2 is 2.05 bits per heavy atom. The van der Waals surface area contributed by atoms with Gasteiger partial charge in [0, 0.05) is 11.0 Å². The molecule has 0 radical (unpaired) electrons. The molecule has 2 rings (SSSR count). The van der Waals surface area contributed by atoms with Crippen molar-refractivity contribution in [3.05, 3.63) is 45.8 Å². The topological polar surface area (TPSA) is 77.3 Å². The van der Waals surface area contributed by atoms with Crippen molar-refractivity contribution in [2.45, 2.75) is 20.3 Å². The fourth-order valence-corrected chi connectivity index (χ4v) is 2.00. The lowest BCUT2D eigenvalue weighted by Gasteiger charge is -2.17. The highest BCUT2D eigenvalue weighted by Crippen LogP contribution is 2.15. The number of esters is 1. The van der Waals surface area contributed by atoms with E-state index in [0.29, 0.717) is 9.16 Å². The Hall–Kier alpha value is -2.37. The Balaban J connectivity index is 2.86. The Morgan fingerprint density at radius 1 is 1.37 bits per heavy atom. The van der Waals surface area contributed by atoms with Crippen LogP contribution >= 0.6 is 0 Å². The van der Waals surface area contributed by atoms with Crippen molar-refractivity contribution in [3.63, 3.8) is 0 Å². The summed E-state index contributed by atoms with van der Waals surface area (Å²) in [7, 11) is 0. The van der Waals surface area contributed by atoms with Gasteiger partial charge in [0.05, 0.1) is 16.7 Å². The summed E-state index contributed by atoms with van der Waals surface area (Å²) in [5.74, 6) is -0.773. The number of nitrogens with zero attached hydrogens (tertiary/aromatic N) is 2. The largest absolute Gasteiger partial charge is 0.805 e. The minimum atomic E-state index is -0.773. The van der Waals surface area contributed by atoms with E-state index in [-0.39, 0.29) is 35.4 Å². The molecular weight excluding hydrogens is 248 g/mol. The van der Waals surface area contributed by atoms with E-state index in [4.69, 9.17) is 4.74 Å². The molecule has 0 aliphatic carbocycles. The second-order valence-electron chi connectivity index (χ2n) is 3.95. The maximum Gasteiger partial charge on any atom is 0.410 e. The lowest BCUT2D eigenvalue weighted by atomic mass is 10.2. The maximum absolute atomic E-state index is 12.2. The number of carbonyl (C=O) groups is 1. The van der Waals surface area contributed by atoms with Crippen molar-refractivity contribution in [1.82, 2.24) is 4.73 Å². The molecule has 0 saturated carbocycles. The van der Waals surface area contributed by atoms with Gasteiger partial charge in [0.2, 0.25) is 0 Å². The number of fused-ring (bicyclic) bond motifs is 1. The first-order chi connectivity index (χ1) is 9.11. The summed E-state index contributed by atoms with van der Waals surface area (Å²) in [5, 5.41) is 12.2. The van der Waals surface area contributed by atoms with Gasteiger partial charge in [0.25, 0.3) is 5.52 Å². The number of hydrogen-bond donors (Lipinski definition) is 0. The van der Waals surface area contributed by atoms with Gasteiger partial charge in [0.15, 0.2) is 0 Å². The van der Waals surface area contributed by atoms with Crippen LogP contribution in [0.15, 0.2) is 24.3 Å². The molecule has 1 heterocycles. The van der Waals surface area contributed by atoms with Crippen LogP contribution in [0.2, 0.25) is 0 Å². The summed E-state index contributed by atoms with van der Waals surface area (Å²) in [4.78, 5) is 24.1. The van der Waals surface area contributed by atoms with Crippen molar-refractivity contribution in [1.29, 1.82) is 0 Å². The van der Waals surface area contributed by atoms with E-state index in [0.717, 1.165) is 0 Å². The molecule has 6 nitrogen and oxygen atoms in total. The zero-order chi connectivity index (χ0) is 14.0. The van der Waals surface area contributed by atoms with Crippen molar-refractivity contribution in [3.8, 4) is 0 Å². The molecular formula is C13H14N2O4. The SMILES string of the molecule is CCOC(=O)c1c(CC)n([O-])c2ccccc2[n+]1=O. The molecule has 1 aromatic heterocycles. The number of benzene rings is 1. The molecule has 0 fully saturated rings. The molecule has 0 N–H and O–H groups in total. The third kappa shape index (κ3) is 2.05. The van der Waals surface area contributed by atoms with E-state index >= 15 is 0 Å². The smallest absolute Gasteiger partial charge is 0.410 e. The van der Waals surface area contributed by atoms with Crippen molar-refractivity contribution in [2.24, 2.45) is 0 Å². The van der Waals surface area contributed by atoms with E-state index in [1.54, 1.807) is 32.0 Å². The predicted octanol–water partition coefficient (Wildman–Crippen LogP) is 1.64. The van der Waals surface area contributed by atoms with Crippen LogP contribution in [0, 0.1) is 10.1 Å². The van der Waals surface area contributed by atoms with E-state index in [1.807, 2.05) is 0 Å². The van der Waals surface area contributed by atoms with Crippen LogP contribution < -0.4 is 4.43 Å². The van der Waals surface area contributed by atoms with Gasteiger partial charge in [-0.25, -0.2) is 4.79 Å². The lowest BCUT2D eigenvalue weighted by molar-refractivity contribution is -0.469. The second-order valence-corrected chi connectivity index (χ2v) is 3.95. The molecule has 6 heteroatoms. The molecule has 0 aliphatic heterocycles. The number of aromatic nitrogens is 2. The highest BCUT2D eigenvalue weighted by Gasteiger charge is 2.29. The average Bonchev–Trinajstić information content (AvgIpc) is 2.42. The van der Waals surface area contributed by atoms with E-state index in [9.17, 15) is 14.9 Å². The summed E-state index contributed by atoms with van der Waals surface area (Å²) in [6, 6.07) is 6.35. The Labute approximate surface area is 109 Å². The normalized spacial score (nSPS) is 10.6. The molecule has 1 aromatic carbocycles. The lowest BCUT2D eigenvalue weighted by Crippen LogP contribution is -2.32. The van der Waals surface area contributed by atoms with Gasteiger partial charge in [-0.15, -0.1) is 0 Å². The summed E-state index contributed by atoms with van der Waals surface area (Å²) in [6.07, 6.45) is 0.269. The molecule has 2 aromatic rings. The van der Waals surface area contributed by atoms with E-state index in [2.05, 4.69) is 0 Å². The van der Waals surface area contributed by atoms with Crippen LogP contribution in [0.5, 0.6) is 0 Å². The average molecular weight is 262 g/mol. The van der Waals surface area contributed by atoms with Gasteiger partial charge in [-0.3, -0.25) is 0 Å². The van der Waals surface area contributed by atoms with Gasteiger partial charge < -0.3 is 14.7 Å². The Kier molecular flexibility index (Phi) is 3.50. The van der Waals surface area contributed by atoms with Crippen LogP contribution in [-0.4, -0.2) is 17.3 Å². The standard InChI is InChI=1S/C13H14N2O4/c1-3-9-12(13(16)19-4-2)15(18)11-8-6-5-7-10(11)14(9)17/h5-8H,3-4H2,1-2H3. The van der Waals surface area contributed by atoms with Crippen LogP contribution in [0.3, 0.4) is 0 Å². The van der Waals surface area contributed by atoms with E-state index in [1.165, 1.54) is 6.07 Å². The first kappa shape index (κ1) is 13.1. The monoisotopic (exact) mass is 262 g/mol. The van der Waals surface area contributed by atoms with Crippen molar-refractivity contribution in [2.75, 3.05) is 6.61 Å². The first-order valence-electron chi connectivity index (χ1n) is 6.05. The number of para-hydroxylation sites is 2. The van der Waals surface area contributed by atoms with Gasteiger partial charge >= 0.3 is 11.7 Å². The zero-order valence-corrected chi connectivity index (χ0v) is 10.8. The third-order valence-electron chi connectivity index (χ3n) is 2.84. The predicted molar refractivity (Wildman–Crippen MR) is 69.4 cm³/mol. The van der Waals surface area contributed by atoms with Gasteiger partial charge in [-0.2, -0.15) is 0 Å². The molecule has 0 bridgehead atoms. The number of carbonyl (C=O) groups excluding carboxylic acids is 1. The fraction of sp³-hybridized carbons (Fsp3) is 0.308. The molecule has 19 heavy (non-hydrogen) atoms. The quantitative estimate of drug-likeness (QED) is 0.622. The first-order valence-corrected chi connectivity index (χ1v) is 6.05. The molecule has 0 spiro atoms. The molecule has 0 aliphatic rings. The fourth-order valence-electron chi connectivity index (χ4n) is 2.00. The van der Waals surface area contributed by atoms with Gasteiger partial charge in [0.1, 0.15) is 5.52 Å². The summed E-state index contributed by atoms with van der Waals surface area (Å²) in [6.45, 7) is 3.50. The minimum absolute atomic E-state index is 0.118. The minimum Gasteiger partial charge on any atom is -0.805 e. The van der Waals surface area contributed by atoms with Crippen molar-refractivity contribution < 1.29 is 14.0 Å². The van der Waals surface area contributed by atoms with Crippen LogP contribution in [0.25, 0.3) is 11.0 Å². The summed E-state index contributed by atoms with van der Waals surface area (Å²) < 4.78 is 5.94. The highest BCUT2D eigenvalue weighted by molar-refractivity contribution is 5.88. The van der Waals surface area contributed by atoms with Crippen LogP contribution in [0.4, 0.5) is 0 Å². The molecule has 0 saturated heterocycles. The summed E-state index contributed by atoms with van der Waals surface area (Å²) in [5.41, 5.74) is 0.269. The Morgan fingerprint density at radius 3 is 2.68 bits per heavy atom. The van der Waals surface area contributed by atoms with Gasteiger partial charge in [-0.1, -0.05) is 19.1 Å². The van der Waals surface area contributed by atoms with E-state index < -0.39 is 5.97 Å². The van der Waals surface area contributed by atoms with Crippen LogP contribution in [-0.2, 0) is 11.2 Å². The number of rotatable bonds is 3. The number of hydrogen-bond acceptors (Lipinski definition) is 4.